The van der Waals surface area contributed by atoms with Gasteiger partial charge in [-0.2, -0.15) is 15.4 Å². The number of aromatic amines is 1. The summed E-state index contributed by atoms with van der Waals surface area (Å²) < 4.78 is 6.07. The molecule has 0 aliphatic carbocycles. The number of primary amides is 1. The molecule has 1 heterocycles. The summed E-state index contributed by atoms with van der Waals surface area (Å²) in [4.78, 5) is 22.2. The molecule has 0 saturated heterocycles. The SMILES string of the molecule is CC(Oc1ccc(Br)cc1-c1n[nH]nc1C(N)=O)C(=O)O. The van der Waals surface area contributed by atoms with E-state index < -0.39 is 18.0 Å². The number of halogens is 1. The van der Waals surface area contributed by atoms with E-state index >= 15 is 0 Å². The van der Waals surface area contributed by atoms with Crippen LogP contribution in [-0.2, 0) is 4.79 Å². The molecule has 4 N–H and O–H groups in total. The average Bonchev–Trinajstić information content (AvgIpc) is 2.89. The number of aromatic nitrogens is 3. The van der Waals surface area contributed by atoms with Crippen molar-refractivity contribution in [3.63, 3.8) is 0 Å². The van der Waals surface area contributed by atoms with Crippen LogP contribution in [0.5, 0.6) is 5.75 Å². The Labute approximate surface area is 127 Å². The molecule has 110 valence electrons. The van der Waals surface area contributed by atoms with Crippen LogP contribution in [0.25, 0.3) is 11.3 Å². The minimum absolute atomic E-state index is 0.0547. The first-order valence-electron chi connectivity index (χ1n) is 5.80. The van der Waals surface area contributed by atoms with Gasteiger partial charge in [-0.15, -0.1) is 0 Å². The lowest BCUT2D eigenvalue weighted by atomic mass is 10.1. The molecule has 1 unspecified atom stereocenters. The van der Waals surface area contributed by atoms with Crippen molar-refractivity contribution >= 4 is 27.8 Å². The Kier molecular flexibility index (Phi) is 4.22. The summed E-state index contributed by atoms with van der Waals surface area (Å²) in [6, 6.07) is 4.88. The smallest absolute Gasteiger partial charge is 0.344 e. The Hall–Kier alpha value is -2.42. The highest BCUT2D eigenvalue weighted by Crippen LogP contribution is 2.33. The van der Waals surface area contributed by atoms with Gasteiger partial charge < -0.3 is 15.6 Å². The van der Waals surface area contributed by atoms with E-state index in [0.29, 0.717) is 10.0 Å². The van der Waals surface area contributed by atoms with E-state index in [-0.39, 0.29) is 17.1 Å². The maximum atomic E-state index is 11.3. The number of rotatable bonds is 5. The number of hydrogen-bond acceptors (Lipinski definition) is 5. The van der Waals surface area contributed by atoms with Crippen molar-refractivity contribution in [2.24, 2.45) is 5.73 Å². The maximum absolute atomic E-state index is 11.3. The number of carbonyl (C=O) groups excluding carboxylic acids is 1. The third kappa shape index (κ3) is 3.19. The molecule has 0 aliphatic rings. The van der Waals surface area contributed by atoms with E-state index in [2.05, 4.69) is 31.3 Å². The minimum atomic E-state index is -1.11. The number of carboxylic acid groups (broad SMARTS) is 1. The highest BCUT2D eigenvalue weighted by Gasteiger charge is 2.21. The number of ether oxygens (including phenoxy) is 1. The Bertz CT molecular complexity index is 700. The monoisotopic (exact) mass is 354 g/mol. The molecule has 2 rings (SSSR count). The molecule has 0 bridgehead atoms. The molecule has 0 spiro atoms. The number of carboxylic acids is 1. The minimum Gasteiger partial charge on any atom is -0.479 e. The molecule has 2 aromatic rings. The van der Waals surface area contributed by atoms with Gasteiger partial charge in [0, 0.05) is 10.0 Å². The van der Waals surface area contributed by atoms with Crippen LogP contribution in [0, 0.1) is 0 Å². The standard InChI is InChI=1S/C12H11BrN4O4/c1-5(12(19)20)21-8-3-2-6(13)4-7(8)9-10(11(14)18)16-17-15-9/h2-5H,1H3,(H2,14,18)(H,19,20)(H,15,16,17). The molecule has 0 radical (unpaired) electrons. The molecular formula is C12H11BrN4O4. The molecule has 0 fully saturated rings. The fourth-order valence-corrected chi connectivity index (χ4v) is 1.98. The second kappa shape index (κ2) is 5.92. The quantitative estimate of drug-likeness (QED) is 0.738. The van der Waals surface area contributed by atoms with Crippen LogP contribution >= 0.6 is 15.9 Å². The molecule has 1 amide bonds. The molecule has 8 nitrogen and oxygen atoms in total. The molecule has 0 saturated carbocycles. The van der Waals surface area contributed by atoms with Crippen LogP contribution in [-0.4, -0.2) is 38.5 Å². The van der Waals surface area contributed by atoms with Crippen molar-refractivity contribution < 1.29 is 19.4 Å². The van der Waals surface area contributed by atoms with E-state index in [1.54, 1.807) is 18.2 Å². The second-order valence-electron chi connectivity index (χ2n) is 4.12. The number of benzene rings is 1. The Morgan fingerprint density at radius 2 is 2.14 bits per heavy atom. The molecule has 1 aromatic carbocycles. The van der Waals surface area contributed by atoms with Crippen LogP contribution in [0.4, 0.5) is 0 Å². The summed E-state index contributed by atoms with van der Waals surface area (Å²) in [6.45, 7) is 1.39. The van der Waals surface area contributed by atoms with Crippen LogP contribution < -0.4 is 10.5 Å². The Morgan fingerprint density at radius 3 is 2.76 bits per heavy atom. The first kappa shape index (κ1) is 15.0. The summed E-state index contributed by atoms with van der Waals surface area (Å²) >= 11 is 3.29. The van der Waals surface area contributed by atoms with Crippen molar-refractivity contribution in [1.29, 1.82) is 0 Å². The van der Waals surface area contributed by atoms with Crippen molar-refractivity contribution in [2.75, 3.05) is 0 Å². The third-order valence-electron chi connectivity index (χ3n) is 2.63. The second-order valence-corrected chi connectivity index (χ2v) is 5.04. The number of carbonyl (C=O) groups is 2. The van der Waals surface area contributed by atoms with Gasteiger partial charge in [0.25, 0.3) is 5.91 Å². The Morgan fingerprint density at radius 1 is 1.43 bits per heavy atom. The highest BCUT2D eigenvalue weighted by atomic mass is 79.9. The summed E-state index contributed by atoms with van der Waals surface area (Å²) in [6.07, 6.45) is -1.06. The molecule has 21 heavy (non-hydrogen) atoms. The van der Waals surface area contributed by atoms with Gasteiger partial charge in [-0.1, -0.05) is 15.9 Å². The van der Waals surface area contributed by atoms with Crippen molar-refractivity contribution in [2.45, 2.75) is 13.0 Å². The van der Waals surface area contributed by atoms with Gasteiger partial charge >= 0.3 is 5.97 Å². The zero-order valence-electron chi connectivity index (χ0n) is 10.8. The van der Waals surface area contributed by atoms with Gasteiger partial charge in [0.1, 0.15) is 11.4 Å². The number of amides is 1. The molecule has 0 aliphatic heterocycles. The van der Waals surface area contributed by atoms with E-state index in [4.69, 9.17) is 15.6 Å². The number of H-pyrrole nitrogens is 1. The fraction of sp³-hybridized carbons (Fsp3) is 0.167. The van der Waals surface area contributed by atoms with Crippen molar-refractivity contribution in [1.82, 2.24) is 15.4 Å². The first-order chi connectivity index (χ1) is 9.90. The number of aliphatic carboxylic acids is 1. The van der Waals surface area contributed by atoms with Crippen LogP contribution in [0.2, 0.25) is 0 Å². The van der Waals surface area contributed by atoms with Gasteiger partial charge in [-0.05, 0) is 25.1 Å². The number of hydrogen-bond donors (Lipinski definition) is 3. The zero-order valence-corrected chi connectivity index (χ0v) is 12.4. The van der Waals surface area contributed by atoms with E-state index in [9.17, 15) is 9.59 Å². The molecule has 1 atom stereocenters. The van der Waals surface area contributed by atoms with Gasteiger partial charge in [-0.3, -0.25) is 4.79 Å². The van der Waals surface area contributed by atoms with E-state index in [0.717, 1.165) is 0 Å². The van der Waals surface area contributed by atoms with Crippen LogP contribution in [0.3, 0.4) is 0 Å². The lowest BCUT2D eigenvalue weighted by Crippen LogP contribution is -2.23. The largest absolute Gasteiger partial charge is 0.479 e. The van der Waals surface area contributed by atoms with Gasteiger partial charge in [0.2, 0.25) is 0 Å². The summed E-state index contributed by atoms with van der Waals surface area (Å²) in [5.74, 6) is -1.61. The summed E-state index contributed by atoms with van der Waals surface area (Å²) in [5, 5.41) is 18.8. The number of nitrogens with two attached hydrogens (primary N) is 1. The Balaban J connectivity index is 2.51. The zero-order chi connectivity index (χ0) is 15.6. The summed E-state index contributed by atoms with van der Waals surface area (Å²) in [5.41, 5.74) is 5.77. The lowest BCUT2D eigenvalue weighted by Gasteiger charge is -2.14. The number of nitrogens with one attached hydrogen (secondary N) is 1. The van der Waals surface area contributed by atoms with Crippen LogP contribution in [0.15, 0.2) is 22.7 Å². The lowest BCUT2D eigenvalue weighted by molar-refractivity contribution is -0.144. The molecule has 1 aromatic heterocycles. The van der Waals surface area contributed by atoms with Gasteiger partial charge in [0.15, 0.2) is 11.8 Å². The highest BCUT2D eigenvalue weighted by molar-refractivity contribution is 9.10. The van der Waals surface area contributed by atoms with E-state index in [1.165, 1.54) is 6.92 Å². The van der Waals surface area contributed by atoms with Crippen molar-refractivity contribution in [3.8, 4) is 17.0 Å². The van der Waals surface area contributed by atoms with Crippen molar-refractivity contribution in [3.05, 3.63) is 28.4 Å². The normalized spacial score (nSPS) is 11.9. The van der Waals surface area contributed by atoms with Gasteiger partial charge in [0.05, 0.1) is 0 Å². The average molecular weight is 355 g/mol. The molecular weight excluding hydrogens is 344 g/mol. The topological polar surface area (TPSA) is 131 Å². The third-order valence-corrected chi connectivity index (χ3v) is 3.12. The first-order valence-corrected chi connectivity index (χ1v) is 6.59. The molecule has 9 heteroatoms. The van der Waals surface area contributed by atoms with Crippen LogP contribution in [0.1, 0.15) is 17.4 Å². The number of nitrogens with zero attached hydrogens (tertiary/aromatic N) is 2. The maximum Gasteiger partial charge on any atom is 0.344 e. The fourth-order valence-electron chi connectivity index (χ4n) is 1.62. The summed E-state index contributed by atoms with van der Waals surface area (Å²) in [7, 11) is 0. The predicted octanol–water partition coefficient (Wildman–Crippen LogP) is 1.19. The van der Waals surface area contributed by atoms with Gasteiger partial charge in [-0.25, -0.2) is 4.79 Å². The predicted molar refractivity (Wildman–Crippen MR) is 75.8 cm³/mol. The van der Waals surface area contributed by atoms with E-state index in [1.807, 2.05) is 0 Å².